The van der Waals surface area contributed by atoms with Crippen LogP contribution in [0.2, 0.25) is 10.0 Å². The van der Waals surface area contributed by atoms with Crippen LogP contribution in [0.5, 0.6) is 5.75 Å². The fourth-order valence-electron chi connectivity index (χ4n) is 1.78. The number of halogens is 2. The Morgan fingerprint density at radius 1 is 1.33 bits per heavy atom. The van der Waals surface area contributed by atoms with E-state index in [4.69, 9.17) is 27.9 Å². The molecule has 21 heavy (non-hydrogen) atoms. The molecule has 1 heterocycles. The quantitative estimate of drug-likeness (QED) is 0.815. The molecule has 1 unspecified atom stereocenters. The van der Waals surface area contributed by atoms with E-state index in [1.54, 1.807) is 12.1 Å². The molecule has 2 N–H and O–H groups in total. The lowest BCUT2D eigenvalue weighted by atomic mass is 10.1. The number of carbonyl (C=O) groups is 3. The molecule has 1 aromatic carbocycles. The molecular formula is C13H12Cl2N2O4. The topological polar surface area (TPSA) is 84.5 Å². The van der Waals surface area contributed by atoms with Gasteiger partial charge in [-0.1, -0.05) is 23.2 Å². The second kappa shape index (κ2) is 6.78. The molecule has 1 fully saturated rings. The van der Waals surface area contributed by atoms with E-state index >= 15 is 0 Å². The predicted molar refractivity (Wildman–Crippen MR) is 76.3 cm³/mol. The van der Waals surface area contributed by atoms with Crippen molar-refractivity contribution in [3.8, 4) is 5.75 Å². The average molecular weight is 331 g/mol. The van der Waals surface area contributed by atoms with E-state index < -0.39 is 17.9 Å². The number of hydrogen-bond donors (Lipinski definition) is 2. The standard InChI is InChI=1S/C13H12Cl2N2O4/c14-8-2-1-7(5-9(8)15)21-6-12(19)16-10-3-4-11(18)17-13(10)20/h1-2,5,10H,3-4,6H2,(H,16,19)(H,17,18,20). The fraction of sp³-hybridized carbons (Fsp3) is 0.308. The van der Waals surface area contributed by atoms with Gasteiger partial charge in [-0.15, -0.1) is 0 Å². The SMILES string of the molecule is O=C1CCC(NC(=O)COc2ccc(Cl)c(Cl)c2)C(=O)N1. The highest BCUT2D eigenvalue weighted by atomic mass is 35.5. The molecule has 0 saturated carbocycles. The Bertz CT molecular complexity index is 592. The van der Waals surface area contributed by atoms with Crippen molar-refractivity contribution in [3.63, 3.8) is 0 Å². The lowest BCUT2D eigenvalue weighted by Gasteiger charge is -2.21. The Labute approximate surface area is 130 Å². The summed E-state index contributed by atoms with van der Waals surface area (Å²) < 4.78 is 5.25. The summed E-state index contributed by atoms with van der Waals surface area (Å²) in [6.07, 6.45) is 0.480. The fourth-order valence-corrected chi connectivity index (χ4v) is 2.07. The zero-order chi connectivity index (χ0) is 15.4. The molecule has 8 heteroatoms. The minimum atomic E-state index is -0.715. The largest absolute Gasteiger partial charge is 0.484 e. The highest BCUT2D eigenvalue weighted by molar-refractivity contribution is 6.42. The van der Waals surface area contributed by atoms with Crippen LogP contribution in [0.15, 0.2) is 18.2 Å². The van der Waals surface area contributed by atoms with Crippen LogP contribution in [0.4, 0.5) is 0 Å². The molecule has 112 valence electrons. The molecule has 0 spiro atoms. The number of ether oxygens (including phenoxy) is 1. The number of hydrogen-bond acceptors (Lipinski definition) is 4. The number of benzene rings is 1. The molecule has 0 bridgehead atoms. The van der Waals surface area contributed by atoms with Crippen LogP contribution in [-0.4, -0.2) is 30.4 Å². The number of amides is 3. The minimum absolute atomic E-state index is 0.199. The number of nitrogens with one attached hydrogen (secondary N) is 2. The summed E-state index contributed by atoms with van der Waals surface area (Å²) in [6, 6.07) is 3.90. The van der Waals surface area contributed by atoms with Crippen LogP contribution >= 0.6 is 23.2 Å². The maximum absolute atomic E-state index is 11.7. The van der Waals surface area contributed by atoms with E-state index in [0.29, 0.717) is 15.8 Å². The third-order valence-electron chi connectivity index (χ3n) is 2.84. The molecular weight excluding hydrogens is 319 g/mol. The minimum Gasteiger partial charge on any atom is -0.484 e. The van der Waals surface area contributed by atoms with Gasteiger partial charge in [0.05, 0.1) is 10.0 Å². The Hall–Kier alpha value is -1.79. The Kier molecular flexibility index (Phi) is 5.03. The molecule has 1 saturated heterocycles. The molecule has 1 aliphatic rings. The molecule has 1 aliphatic heterocycles. The van der Waals surface area contributed by atoms with Gasteiger partial charge in [0.2, 0.25) is 11.8 Å². The van der Waals surface area contributed by atoms with Gasteiger partial charge in [0.1, 0.15) is 11.8 Å². The third kappa shape index (κ3) is 4.34. The first-order valence-corrected chi connectivity index (χ1v) is 6.92. The number of carbonyl (C=O) groups excluding carboxylic acids is 3. The highest BCUT2D eigenvalue weighted by Crippen LogP contribution is 2.26. The summed E-state index contributed by atoms with van der Waals surface area (Å²) in [5, 5.41) is 5.36. The first-order chi connectivity index (χ1) is 9.95. The maximum Gasteiger partial charge on any atom is 0.258 e. The van der Waals surface area contributed by atoms with Gasteiger partial charge in [0.25, 0.3) is 5.91 Å². The summed E-state index contributed by atoms with van der Waals surface area (Å²) in [4.78, 5) is 34.2. The molecule has 0 aliphatic carbocycles. The number of imide groups is 1. The Balaban J connectivity index is 1.83. The van der Waals surface area contributed by atoms with Gasteiger partial charge in [0, 0.05) is 12.5 Å². The van der Waals surface area contributed by atoms with Gasteiger partial charge in [-0.2, -0.15) is 0 Å². The van der Waals surface area contributed by atoms with E-state index in [0.717, 1.165) is 0 Å². The van der Waals surface area contributed by atoms with Crippen LogP contribution in [0.25, 0.3) is 0 Å². The zero-order valence-corrected chi connectivity index (χ0v) is 12.3. The van der Waals surface area contributed by atoms with E-state index in [1.165, 1.54) is 6.07 Å². The van der Waals surface area contributed by atoms with E-state index in [-0.39, 0.29) is 25.4 Å². The summed E-state index contributed by atoms with van der Waals surface area (Å²) in [5.74, 6) is -0.912. The Morgan fingerprint density at radius 3 is 2.76 bits per heavy atom. The van der Waals surface area contributed by atoms with Crippen molar-refractivity contribution in [2.75, 3.05) is 6.61 Å². The average Bonchev–Trinajstić information content (AvgIpc) is 2.43. The lowest BCUT2D eigenvalue weighted by Crippen LogP contribution is -2.53. The first-order valence-electron chi connectivity index (χ1n) is 6.16. The molecule has 3 amide bonds. The summed E-state index contributed by atoms with van der Waals surface area (Å²) in [6.45, 7) is -0.268. The molecule has 1 aromatic rings. The van der Waals surface area contributed by atoms with E-state index in [2.05, 4.69) is 10.6 Å². The second-order valence-electron chi connectivity index (χ2n) is 4.44. The van der Waals surface area contributed by atoms with Crippen molar-refractivity contribution in [1.29, 1.82) is 0 Å². The van der Waals surface area contributed by atoms with Crippen molar-refractivity contribution in [2.45, 2.75) is 18.9 Å². The van der Waals surface area contributed by atoms with Crippen molar-refractivity contribution in [2.24, 2.45) is 0 Å². The number of rotatable bonds is 4. The second-order valence-corrected chi connectivity index (χ2v) is 5.25. The highest BCUT2D eigenvalue weighted by Gasteiger charge is 2.27. The van der Waals surface area contributed by atoms with Crippen LogP contribution in [0.1, 0.15) is 12.8 Å². The van der Waals surface area contributed by atoms with Crippen molar-refractivity contribution >= 4 is 40.9 Å². The maximum atomic E-state index is 11.7. The molecule has 0 aromatic heterocycles. The normalized spacial score (nSPS) is 18.1. The van der Waals surface area contributed by atoms with Crippen LogP contribution in [0.3, 0.4) is 0 Å². The van der Waals surface area contributed by atoms with E-state index in [1.807, 2.05) is 0 Å². The zero-order valence-electron chi connectivity index (χ0n) is 10.8. The molecule has 1 atom stereocenters. The van der Waals surface area contributed by atoms with Crippen molar-refractivity contribution in [3.05, 3.63) is 28.2 Å². The monoisotopic (exact) mass is 330 g/mol. The Morgan fingerprint density at radius 2 is 2.10 bits per heavy atom. The van der Waals surface area contributed by atoms with Gasteiger partial charge in [0.15, 0.2) is 6.61 Å². The van der Waals surface area contributed by atoms with Gasteiger partial charge in [-0.05, 0) is 18.6 Å². The van der Waals surface area contributed by atoms with Gasteiger partial charge in [-0.25, -0.2) is 0 Å². The molecule has 6 nitrogen and oxygen atoms in total. The lowest BCUT2D eigenvalue weighted by molar-refractivity contribution is -0.137. The van der Waals surface area contributed by atoms with E-state index in [9.17, 15) is 14.4 Å². The molecule has 2 rings (SSSR count). The first kappa shape index (κ1) is 15.6. The van der Waals surface area contributed by atoms with Gasteiger partial charge >= 0.3 is 0 Å². The summed E-state index contributed by atoms with van der Waals surface area (Å²) in [5.41, 5.74) is 0. The smallest absolute Gasteiger partial charge is 0.258 e. The predicted octanol–water partition coefficient (Wildman–Crippen LogP) is 1.29. The van der Waals surface area contributed by atoms with Crippen molar-refractivity contribution < 1.29 is 19.1 Å². The summed E-state index contributed by atoms with van der Waals surface area (Å²) >= 11 is 11.6. The van der Waals surface area contributed by atoms with Crippen molar-refractivity contribution in [1.82, 2.24) is 10.6 Å². The summed E-state index contributed by atoms with van der Waals surface area (Å²) in [7, 11) is 0. The van der Waals surface area contributed by atoms with Crippen LogP contribution < -0.4 is 15.4 Å². The molecule has 0 radical (unpaired) electrons. The van der Waals surface area contributed by atoms with Crippen LogP contribution in [0, 0.1) is 0 Å². The third-order valence-corrected chi connectivity index (χ3v) is 3.57. The van der Waals surface area contributed by atoms with Gasteiger partial charge in [-0.3, -0.25) is 19.7 Å². The van der Waals surface area contributed by atoms with Gasteiger partial charge < -0.3 is 10.1 Å². The van der Waals surface area contributed by atoms with Crippen LogP contribution in [-0.2, 0) is 14.4 Å². The number of piperidine rings is 1.